The fourth-order valence-electron chi connectivity index (χ4n) is 5.17. The maximum Gasteiger partial charge on any atom is 0.416 e. The number of nitrogens with zero attached hydrogens (tertiary/aromatic N) is 2. The summed E-state index contributed by atoms with van der Waals surface area (Å²) in [5.74, 6) is -0.751. The number of anilines is 1. The largest absolute Gasteiger partial charge is 0.497 e. The highest BCUT2D eigenvalue weighted by atomic mass is 32.2. The molecule has 0 aliphatic heterocycles. The minimum absolute atomic E-state index is 0.0904. The number of hydrogen-bond acceptors (Lipinski definition) is 5. The van der Waals surface area contributed by atoms with Gasteiger partial charge in [-0.2, -0.15) is 13.2 Å². The van der Waals surface area contributed by atoms with Crippen LogP contribution in [-0.2, 0) is 38.8 Å². The summed E-state index contributed by atoms with van der Waals surface area (Å²) in [6.45, 7) is 4.48. The van der Waals surface area contributed by atoms with Gasteiger partial charge in [0.1, 0.15) is 18.3 Å². The Kier molecular flexibility index (Phi) is 12.1. The third kappa shape index (κ3) is 9.62. The van der Waals surface area contributed by atoms with Gasteiger partial charge in [0, 0.05) is 19.0 Å². The average molecular weight is 696 g/mol. The number of aryl methyl sites for hydroxylation is 1. The number of alkyl halides is 3. The fraction of sp³-hybridized carbons (Fsp3) is 0.297. The number of nitrogens with one attached hydrogen (secondary N) is 1. The Balaban J connectivity index is 1.86. The Labute approximate surface area is 285 Å². The van der Waals surface area contributed by atoms with Crippen molar-refractivity contribution in [3.63, 3.8) is 0 Å². The molecule has 0 aliphatic carbocycles. The van der Waals surface area contributed by atoms with Crippen LogP contribution in [0.5, 0.6) is 5.75 Å². The molecule has 8 nitrogen and oxygen atoms in total. The first-order chi connectivity index (χ1) is 23.2. The van der Waals surface area contributed by atoms with Crippen molar-refractivity contribution in [3.05, 3.63) is 125 Å². The van der Waals surface area contributed by atoms with Crippen LogP contribution in [-0.4, -0.2) is 50.9 Å². The van der Waals surface area contributed by atoms with Crippen LogP contribution in [0.3, 0.4) is 0 Å². The number of halogens is 3. The summed E-state index contributed by atoms with van der Waals surface area (Å²) in [5.41, 5.74) is 0.672. The van der Waals surface area contributed by atoms with Gasteiger partial charge in [-0.3, -0.25) is 13.9 Å². The Morgan fingerprint density at radius 3 is 2.16 bits per heavy atom. The summed E-state index contributed by atoms with van der Waals surface area (Å²) in [7, 11) is -3.09. The monoisotopic (exact) mass is 695 g/mol. The van der Waals surface area contributed by atoms with E-state index in [0.29, 0.717) is 28.1 Å². The van der Waals surface area contributed by atoms with Crippen LogP contribution < -0.4 is 14.4 Å². The van der Waals surface area contributed by atoms with Crippen molar-refractivity contribution in [1.29, 1.82) is 0 Å². The molecule has 0 bridgehead atoms. The first kappa shape index (κ1) is 37.0. The standard InChI is InChI=1S/C37H40F3N3O5S/c1-5-27(3)41-36(45)34(22-28-11-7-6-8-12-28)42(24-29-13-9-16-32(21-29)48-4)35(44)25-43(31-15-10-14-30(23-31)37(38,39)40)49(46,47)33-19-17-26(2)18-20-33/h6-21,23,27,34H,5,22,24-25H2,1-4H3,(H,41,45)/t27-,34+/m1/s1. The van der Waals surface area contributed by atoms with Crippen LogP contribution >= 0.6 is 0 Å². The predicted molar refractivity (Wildman–Crippen MR) is 183 cm³/mol. The first-order valence-corrected chi connectivity index (χ1v) is 17.2. The molecular weight excluding hydrogens is 655 g/mol. The molecular formula is C37H40F3N3O5S. The summed E-state index contributed by atoms with van der Waals surface area (Å²) in [5, 5.41) is 2.95. The number of sulfonamides is 1. The topological polar surface area (TPSA) is 96.0 Å². The maximum absolute atomic E-state index is 14.6. The summed E-state index contributed by atoms with van der Waals surface area (Å²) < 4.78 is 75.8. The molecule has 4 aromatic carbocycles. The zero-order valence-electron chi connectivity index (χ0n) is 27.8. The van der Waals surface area contributed by atoms with Crippen molar-refractivity contribution >= 4 is 27.5 Å². The molecule has 49 heavy (non-hydrogen) atoms. The minimum Gasteiger partial charge on any atom is -0.497 e. The van der Waals surface area contributed by atoms with Gasteiger partial charge in [-0.25, -0.2) is 8.42 Å². The number of methoxy groups -OCH3 is 1. The van der Waals surface area contributed by atoms with Crippen molar-refractivity contribution in [3.8, 4) is 5.75 Å². The second-order valence-corrected chi connectivity index (χ2v) is 13.6. The van der Waals surface area contributed by atoms with Gasteiger partial charge in [-0.05, 0) is 73.9 Å². The van der Waals surface area contributed by atoms with Gasteiger partial charge in [0.05, 0.1) is 23.3 Å². The summed E-state index contributed by atoms with van der Waals surface area (Å²) in [6, 6.07) is 24.2. The van der Waals surface area contributed by atoms with Gasteiger partial charge in [0.15, 0.2) is 0 Å². The normalized spacial score (nSPS) is 12.9. The van der Waals surface area contributed by atoms with Crippen molar-refractivity contribution in [1.82, 2.24) is 10.2 Å². The second kappa shape index (κ2) is 16.0. The summed E-state index contributed by atoms with van der Waals surface area (Å²) >= 11 is 0. The maximum atomic E-state index is 14.6. The number of carbonyl (C=O) groups is 2. The van der Waals surface area contributed by atoms with Crippen LogP contribution in [0.4, 0.5) is 18.9 Å². The van der Waals surface area contributed by atoms with Gasteiger partial charge in [0.25, 0.3) is 10.0 Å². The second-order valence-electron chi connectivity index (χ2n) is 11.8. The number of hydrogen-bond donors (Lipinski definition) is 1. The van der Waals surface area contributed by atoms with E-state index in [-0.39, 0.29) is 29.6 Å². The molecule has 0 heterocycles. The summed E-state index contributed by atoms with van der Waals surface area (Å²) in [4.78, 5) is 29.6. The fourth-order valence-corrected chi connectivity index (χ4v) is 6.57. The molecule has 0 saturated heterocycles. The van der Waals surface area contributed by atoms with E-state index in [4.69, 9.17) is 4.74 Å². The highest BCUT2D eigenvalue weighted by Crippen LogP contribution is 2.33. The van der Waals surface area contributed by atoms with E-state index in [1.807, 2.05) is 32.0 Å². The predicted octanol–water partition coefficient (Wildman–Crippen LogP) is 6.77. The molecule has 0 aromatic heterocycles. The zero-order chi connectivity index (χ0) is 35.8. The van der Waals surface area contributed by atoms with E-state index in [2.05, 4.69) is 5.32 Å². The van der Waals surface area contributed by atoms with Crippen LogP contribution in [0.25, 0.3) is 0 Å². The van der Waals surface area contributed by atoms with Crippen molar-refractivity contribution < 1.29 is 35.9 Å². The van der Waals surface area contributed by atoms with Crippen LogP contribution in [0.15, 0.2) is 108 Å². The van der Waals surface area contributed by atoms with Crippen molar-refractivity contribution in [2.24, 2.45) is 0 Å². The van der Waals surface area contributed by atoms with E-state index < -0.39 is 46.2 Å². The van der Waals surface area contributed by atoms with Crippen molar-refractivity contribution in [2.45, 2.75) is 63.3 Å². The van der Waals surface area contributed by atoms with E-state index in [1.54, 1.807) is 55.5 Å². The number of carbonyl (C=O) groups excluding carboxylic acids is 2. The van der Waals surface area contributed by atoms with Crippen molar-refractivity contribution in [2.75, 3.05) is 18.0 Å². The van der Waals surface area contributed by atoms with Gasteiger partial charge < -0.3 is 15.0 Å². The van der Waals surface area contributed by atoms with E-state index in [1.165, 1.54) is 30.2 Å². The third-order valence-electron chi connectivity index (χ3n) is 8.11. The summed E-state index contributed by atoms with van der Waals surface area (Å²) in [6.07, 6.45) is -4.06. The Hall–Kier alpha value is -4.84. The lowest BCUT2D eigenvalue weighted by molar-refractivity contribution is -0.140. The molecule has 0 spiro atoms. The molecule has 0 unspecified atom stereocenters. The highest BCUT2D eigenvalue weighted by Gasteiger charge is 2.36. The molecule has 0 saturated carbocycles. The Morgan fingerprint density at radius 1 is 0.878 bits per heavy atom. The number of benzene rings is 4. The molecule has 12 heteroatoms. The molecule has 0 aliphatic rings. The van der Waals surface area contributed by atoms with Crippen LogP contribution in [0, 0.1) is 6.92 Å². The van der Waals surface area contributed by atoms with Gasteiger partial charge >= 0.3 is 6.18 Å². The quantitative estimate of drug-likeness (QED) is 0.157. The van der Waals surface area contributed by atoms with Gasteiger partial charge in [0.2, 0.25) is 11.8 Å². The highest BCUT2D eigenvalue weighted by molar-refractivity contribution is 7.92. The molecule has 0 fully saturated rings. The van der Waals surface area contributed by atoms with Gasteiger partial charge in [-0.1, -0.05) is 73.2 Å². The van der Waals surface area contributed by atoms with Gasteiger partial charge in [-0.15, -0.1) is 0 Å². The van der Waals surface area contributed by atoms with Crippen LogP contribution in [0.1, 0.15) is 42.5 Å². The molecule has 1 N–H and O–H groups in total. The number of ether oxygens (including phenoxy) is 1. The Morgan fingerprint density at radius 2 is 1.53 bits per heavy atom. The average Bonchev–Trinajstić information content (AvgIpc) is 3.08. The molecule has 2 amide bonds. The smallest absolute Gasteiger partial charge is 0.416 e. The van der Waals surface area contributed by atoms with E-state index >= 15 is 0 Å². The minimum atomic E-state index is -4.77. The number of rotatable bonds is 14. The zero-order valence-corrected chi connectivity index (χ0v) is 28.6. The molecule has 0 radical (unpaired) electrons. The first-order valence-electron chi connectivity index (χ1n) is 15.8. The number of amides is 2. The third-order valence-corrected chi connectivity index (χ3v) is 9.90. The molecule has 2 atom stereocenters. The Bertz CT molecular complexity index is 1830. The lowest BCUT2D eigenvalue weighted by Gasteiger charge is -2.34. The van der Waals surface area contributed by atoms with E-state index in [9.17, 15) is 31.2 Å². The molecule has 4 aromatic rings. The SMILES string of the molecule is CC[C@@H](C)NC(=O)[C@H](Cc1ccccc1)N(Cc1cccc(OC)c1)C(=O)CN(c1cccc(C(F)(F)F)c1)S(=O)(=O)c1ccc(C)cc1. The molecule has 260 valence electrons. The van der Waals surface area contributed by atoms with Crippen LogP contribution in [0.2, 0.25) is 0 Å². The lowest BCUT2D eigenvalue weighted by atomic mass is 10.0. The lowest BCUT2D eigenvalue weighted by Crippen LogP contribution is -2.54. The molecule has 4 rings (SSSR count). The van der Waals surface area contributed by atoms with E-state index in [0.717, 1.165) is 23.3 Å².